The van der Waals surface area contributed by atoms with Crippen molar-refractivity contribution in [1.82, 2.24) is 0 Å². The smallest absolute Gasteiger partial charge is 0.123 e. The van der Waals surface area contributed by atoms with Gasteiger partial charge in [0.2, 0.25) is 0 Å². The van der Waals surface area contributed by atoms with Crippen LogP contribution in [-0.2, 0) is 0 Å². The van der Waals surface area contributed by atoms with E-state index in [0.29, 0.717) is 5.02 Å². The van der Waals surface area contributed by atoms with Crippen LogP contribution in [0.3, 0.4) is 0 Å². The molecule has 0 aliphatic carbocycles. The van der Waals surface area contributed by atoms with Crippen LogP contribution in [0.25, 0.3) is 0 Å². The molecule has 16 heavy (non-hydrogen) atoms. The Morgan fingerprint density at radius 3 is 2.69 bits per heavy atom. The lowest BCUT2D eigenvalue weighted by molar-refractivity contribution is 0.405. The van der Waals surface area contributed by atoms with Gasteiger partial charge in [-0.1, -0.05) is 17.2 Å². The van der Waals surface area contributed by atoms with Gasteiger partial charge in [0.1, 0.15) is 5.75 Å². The molecule has 1 aromatic carbocycles. The summed E-state index contributed by atoms with van der Waals surface area (Å²) in [5.41, 5.74) is 8.01. The first kappa shape index (κ1) is 15.3. The van der Waals surface area contributed by atoms with Gasteiger partial charge in [0.05, 0.1) is 7.11 Å². The summed E-state index contributed by atoms with van der Waals surface area (Å²) < 4.78 is 5.23. The Morgan fingerprint density at radius 2 is 2.19 bits per heavy atom. The van der Waals surface area contributed by atoms with Crippen LogP contribution in [0.15, 0.2) is 30.4 Å². The van der Waals surface area contributed by atoms with E-state index in [-0.39, 0.29) is 18.4 Å². The van der Waals surface area contributed by atoms with Crippen molar-refractivity contribution in [1.29, 1.82) is 0 Å². The Bertz CT molecular complexity index is 366. The van der Waals surface area contributed by atoms with Crippen LogP contribution in [0.1, 0.15) is 24.9 Å². The van der Waals surface area contributed by atoms with E-state index in [0.717, 1.165) is 23.3 Å². The molecular formula is C12H17Cl2NO. The molecule has 0 saturated heterocycles. The summed E-state index contributed by atoms with van der Waals surface area (Å²) in [5, 5.41) is 0.669. The van der Waals surface area contributed by atoms with Crippen LogP contribution < -0.4 is 10.5 Å². The minimum Gasteiger partial charge on any atom is -0.496 e. The summed E-state index contributed by atoms with van der Waals surface area (Å²) in [6.07, 6.45) is 0.733. The molecule has 1 atom stereocenters. The van der Waals surface area contributed by atoms with E-state index in [1.165, 1.54) is 0 Å². The molecule has 0 aliphatic heterocycles. The molecule has 0 aromatic heterocycles. The van der Waals surface area contributed by atoms with E-state index in [4.69, 9.17) is 22.1 Å². The van der Waals surface area contributed by atoms with Gasteiger partial charge in [0.15, 0.2) is 0 Å². The van der Waals surface area contributed by atoms with Gasteiger partial charge >= 0.3 is 0 Å². The minimum absolute atomic E-state index is 0. The molecular weight excluding hydrogens is 245 g/mol. The molecule has 0 radical (unpaired) electrons. The highest BCUT2D eigenvalue weighted by molar-refractivity contribution is 6.30. The summed E-state index contributed by atoms with van der Waals surface area (Å²) in [6, 6.07) is 5.34. The first-order chi connectivity index (χ1) is 7.04. The topological polar surface area (TPSA) is 35.2 Å². The molecule has 4 heteroatoms. The van der Waals surface area contributed by atoms with E-state index in [9.17, 15) is 0 Å². The lowest BCUT2D eigenvalue weighted by Crippen LogP contribution is -2.11. The largest absolute Gasteiger partial charge is 0.496 e. The van der Waals surface area contributed by atoms with Crippen molar-refractivity contribution in [3.05, 3.63) is 40.9 Å². The molecule has 0 spiro atoms. The van der Waals surface area contributed by atoms with Crippen molar-refractivity contribution in [3.8, 4) is 5.75 Å². The van der Waals surface area contributed by atoms with Crippen LogP contribution in [0.4, 0.5) is 0 Å². The van der Waals surface area contributed by atoms with Crippen LogP contribution in [0.5, 0.6) is 5.75 Å². The summed E-state index contributed by atoms with van der Waals surface area (Å²) in [4.78, 5) is 0. The summed E-state index contributed by atoms with van der Waals surface area (Å²) in [7, 11) is 1.63. The third-order valence-electron chi connectivity index (χ3n) is 2.16. The first-order valence-electron chi connectivity index (χ1n) is 4.78. The molecule has 0 saturated carbocycles. The van der Waals surface area contributed by atoms with Crippen molar-refractivity contribution in [2.75, 3.05) is 7.11 Å². The Kier molecular flexibility index (Phi) is 6.49. The Balaban J connectivity index is 0.00000225. The summed E-state index contributed by atoms with van der Waals surface area (Å²) in [5.74, 6) is 0.771. The number of hydrogen-bond donors (Lipinski definition) is 1. The molecule has 0 bridgehead atoms. The molecule has 90 valence electrons. The van der Waals surface area contributed by atoms with Gasteiger partial charge in [0.25, 0.3) is 0 Å². The van der Waals surface area contributed by atoms with Gasteiger partial charge in [-0.25, -0.2) is 0 Å². The number of nitrogens with two attached hydrogens (primary N) is 1. The zero-order valence-electron chi connectivity index (χ0n) is 9.50. The predicted molar refractivity (Wildman–Crippen MR) is 71.6 cm³/mol. The zero-order chi connectivity index (χ0) is 11.4. The van der Waals surface area contributed by atoms with Gasteiger partial charge < -0.3 is 10.5 Å². The average molecular weight is 262 g/mol. The fraction of sp³-hybridized carbons (Fsp3) is 0.333. The lowest BCUT2D eigenvalue weighted by Gasteiger charge is -2.15. The Labute approximate surface area is 108 Å². The van der Waals surface area contributed by atoms with Crippen LogP contribution >= 0.6 is 24.0 Å². The van der Waals surface area contributed by atoms with E-state index in [1.54, 1.807) is 13.2 Å². The zero-order valence-corrected chi connectivity index (χ0v) is 11.1. The second kappa shape index (κ2) is 6.79. The van der Waals surface area contributed by atoms with E-state index in [2.05, 4.69) is 6.58 Å². The van der Waals surface area contributed by atoms with Crippen molar-refractivity contribution in [2.45, 2.75) is 19.4 Å². The van der Waals surface area contributed by atoms with Gasteiger partial charge in [-0.05, 0) is 31.5 Å². The van der Waals surface area contributed by atoms with Crippen molar-refractivity contribution in [2.24, 2.45) is 5.73 Å². The standard InChI is InChI=1S/C12H16ClNO.ClH/c1-8(2)6-11(14)10-7-9(13)4-5-12(10)15-3;/h4-5,7,11H,1,6,14H2,2-3H3;1H/t11-;/m0./s1. The highest BCUT2D eigenvalue weighted by Gasteiger charge is 2.12. The molecule has 1 rings (SSSR count). The fourth-order valence-corrected chi connectivity index (χ4v) is 1.66. The number of methoxy groups -OCH3 is 1. The minimum atomic E-state index is -0.115. The molecule has 0 amide bonds. The highest BCUT2D eigenvalue weighted by Crippen LogP contribution is 2.29. The van der Waals surface area contributed by atoms with Gasteiger partial charge in [-0.2, -0.15) is 0 Å². The molecule has 2 nitrogen and oxygen atoms in total. The predicted octanol–water partition coefficient (Wildman–Crippen LogP) is 3.74. The summed E-state index contributed by atoms with van der Waals surface area (Å²) in [6.45, 7) is 5.80. The number of rotatable bonds is 4. The lowest BCUT2D eigenvalue weighted by atomic mass is 10.0. The van der Waals surface area contributed by atoms with E-state index in [1.807, 2.05) is 19.1 Å². The monoisotopic (exact) mass is 261 g/mol. The maximum absolute atomic E-state index is 6.04. The second-order valence-electron chi connectivity index (χ2n) is 3.65. The van der Waals surface area contributed by atoms with E-state index < -0.39 is 0 Å². The van der Waals surface area contributed by atoms with Crippen molar-refractivity contribution >= 4 is 24.0 Å². The van der Waals surface area contributed by atoms with Crippen LogP contribution in [0, 0.1) is 0 Å². The highest BCUT2D eigenvalue weighted by atomic mass is 35.5. The average Bonchev–Trinajstić information content (AvgIpc) is 2.16. The second-order valence-corrected chi connectivity index (χ2v) is 4.09. The summed E-state index contributed by atoms with van der Waals surface area (Å²) >= 11 is 5.92. The third-order valence-corrected chi connectivity index (χ3v) is 2.39. The molecule has 0 fully saturated rings. The first-order valence-corrected chi connectivity index (χ1v) is 5.15. The maximum atomic E-state index is 6.04. The van der Waals surface area contributed by atoms with Crippen molar-refractivity contribution in [3.63, 3.8) is 0 Å². The van der Waals surface area contributed by atoms with Crippen LogP contribution in [0.2, 0.25) is 5.02 Å². The Morgan fingerprint density at radius 1 is 1.56 bits per heavy atom. The van der Waals surface area contributed by atoms with E-state index >= 15 is 0 Å². The van der Waals surface area contributed by atoms with Crippen LogP contribution in [-0.4, -0.2) is 7.11 Å². The van der Waals surface area contributed by atoms with Gasteiger partial charge in [-0.3, -0.25) is 0 Å². The Hall–Kier alpha value is -0.700. The number of ether oxygens (including phenoxy) is 1. The molecule has 1 aromatic rings. The molecule has 0 aliphatic rings. The normalized spacial score (nSPS) is 11.5. The fourth-order valence-electron chi connectivity index (χ4n) is 1.48. The van der Waals surface area contributed by atoms with Crippen molar-refractivity contribution < 1.29 is 4.74 Å². The van der Waals surface area contributed by atoms with Gasteiger partial charge in [0, 0.05) is 16.6 Å². The molecule has 0 unspecified atom stereocenters. The molecule has 0 heterocycles. The number of benzene rings is 1. The SMILES string of the molecule is C=C(C)C[C@H](N)c1cc(Cl)ccc1OC.Cl. The number of hydrogen-bond acceptors (Lipinski definition) is 2. The number of halogens is 2. The third kappa shape index (κ3) is 4.05. The maximum Gasteiger partial charge on any atom is 0.123 e. The molecule has 2 N–H and O–H groups in total. The quantitative estimate of drug-likeness (QED) is 0.839. The van der Waals surface area contributed by atoms with Gasteiger partial charge in [-0.15, -0.1) is 19.0 Å².